The van der Waals surface area contributed by atoms with Crippen LogP contribution in [0.15, 0.2) is 23.3 Å². The van der Waals surface area contributed by atoms with Crippen LogP contribution in [0.5, 0.6) is 11.5 Å². The first-order valence-corrected chi connectivity index (χ1v) is 7.30. The van der Waals surface area contributed by atoms with E-state index in [-0.39, 0.29) is 11.5 Å². The molecule has 2 N–H and O–H groups in total. The summed E-state index contributed by atoms with van der Waals surface area (Å²) in [5.74, 6) is -0.0192. The van der Waals surface area contributed by atoms with Crippen molar-refractivity contribution in [2.45, 2.75) is 45.4 Å². The molecule has 2 rings (SSSR count). The number of phenols is 2. The van der Waals surface area contributed by atoms with Crippen molar-refractivity contribution in [2.24, 2.45) is 0 Å². The Balaban J connectivity index is 2.12. The maximum Gasteiger partial charge on any atom is 0.158 e. The van der Waals surface area contributed by atoms with Gasteiger partial charge in [0.05, 0.1) is 0 Å². The molecule has 3 nitrogen and oxygen atoms in total. The number of allylic oxidation sites excluding steroid dienone is 2. The van der Waals surface area contributed by atoms with Gasteiger partial charge in [0, 0.05) is 23.9 Å². The number of phenolic OH excluding ortho intramolecular Hbond substituents is 2. The number of hydrogen-bond acceptors (Lipinski definition) is 3. The quantitative estimate of drug-likeness (QED) is 0.648. The van der Waals surface area contributed by atoms with Crippen LogP contribution in [0.25, 0.3) is 0 Å². The average Bonchev–Trinajstić information content (AvgIpc) is 2.42. The van der Waals surface area contributed by atoms with Gasteiger partial charge in [-0.05, 0) is 37.3 Å². The molecule has 0 unspecified atom stereocenters. The van der Waals surface area contributed by atoms with Crippen molar-refractivity contribution in [3.8, 4) is 11.5 Å². The molecule has 0 heterocycles. The van der Waals surface area contributed by atoms with E-state index in [1.54, 1.807) is 0 Å². The van der Waals surface area contributed by atoms with E-state index in [9.17, 15) is 15.0 Å². The summed E-state index contributed by atoms with van der Waals surface area (Å²) in [6.07, 6.45) is 4.52. The van der Waals surface area contributed by atoms with E-state index in [2.05, 4.69) is 6.92 Å². The number of carbonyl (C=O) groups excluding carboxylic acids is 1. The predicted octanol–water partition coefficient (Wildman–Crippen LogP) is 4.14. The maximum atomic E-state index is 11.5. The summed E-state index contributed by atoms with van der Waals surface area (Å²) < 4.78 is 0. The lowest BCUT2D eigenvalue weighted by atomic mass is 9.86. The molecule has 1 aliphatic rings. The number of aromatic hydroxyl groups is 2. The zero-order valence-electron chi connectivity index (χ0n) is 11.6. The first-order chi connectivity index (χ1) is 9.51. The van der Waals surface area contributed by atoms with Crippen molar-refractivity contribution in [2.75, 3.05) is 0 Å². The first kappa shape index (κ1) is 14.9. The van der Waals surface area contributed by atoms with Crippen LogP contribution in [0, 0.1) is 0 Å². The maximum absolute atomic E-state index is 11.5. The third kappa shape index (κ3) is 3.34. The van der Waals surface area contributed by atoms with Crippen molar-refractivity contribution in [3.63, 3.8) is 0 Å². The molecular formula is C16H19ClO3. The Bertz CT molecular complexity index is 561. The fraction of sp³-hybridized carbons (Fsp3) is 0.438. The van der Waals surface area contributed by atoms with Crippen LogP contribution in [-0.4, -0.2) is 16.0 Å². The number of benzene rings is 1. The molecule has 0 saturated carbocycles. The van der Waals surface area contributed by atoms with Crippen LogP contribution in [0.1, 0.15) is 44.6 Å². The number of ketones is 1. The lowest BCUT2D eigenvalue weighted by Crippen LogP contribution is -2.10. The number of aryl methyl sites for hydroxylation is 1. The Hall–Kier alpha value is -1.48. The van der Waals surface area contributed by atoms with Gasteiger partial charge >= 0.3 is 0 Å². The molecule has 1 aromatic carbocycles. The molecule has 0 aromatic heterocycles. The van der Waals surface area contributed by atoms with Gasteiger partial charge < -0.3 is 10.2 Å². The van der Waals surface area contributed by atoms with E-state index in [0.717, 1.165) is 24.8 Å². The third-order valence-corrected chi connectivity index (χ3v) is 4.23. The molecule has 20 heavy (non-hydrogen) atoms. The highest BCUT2D eigenvalue weighted by Crippen LogP contribution is 2.34. The number of carbonyl (C=O) groups is 1. The number of rotatable bonds is 4. The number of halogens is 1. The summed E-state index contributed by atoms with van der Waals surface area (Å²) in [7, 11) is 0. The normalized spacial score (nSPS) is 15.8. The largest absolute Gasteiger partial charge is 0.504 e. The smallest absolute Gasteiger partial charge is 0.158 e. The Morgan fingerprint density at radius 1 is 1.10 bits per heavy atom. The fourth-order valence-electron chi connectivity index (χ4n) is 2.67. The highest BCUT2D eigenvalue weighted by molar-refractivity contribution is 6.31. The lowest BCUT2D eigenvalue weighted by Gasteiger charge is -2.19. The van der Waals surface area contributed by atoms with Gasteiger partial charge in [-0.1, -0.05) is 29.7 Å². The van der Waals surface area contributed by atoms with Crippen molar-refractivity contribution >= 4 is 17.4 Å². The zero-order chi connectivity index (χ0) is 14.7. The zero-order valence-corrected chi connectivity index (χ0v) is 12.3. The SMILES string of the molecule is CCC1=C(CCc2cc(O)c(O)cc2Cl)CCC(=O)C1. The highest BCUT2D eigenvalue weighted by Gasteiger charge is 2.17. The van der Waals surface area contributed by atoms with Crippen LogP contribution >= 0.6 is 11.6 Å². The van der Waals surface area contributed by atoms with Gasteiger partial charge in [-0.2, -0.15) is 0 Å². The lowest BCUT2D eigenvalue weighted by molar-refractivity contribution is -0.118. The molecule has 0 aliphatic heterocycles. The summed E-state index contributed by atoms with van der Waals surface area (Å²) in [6.45, 7) is 2.08. The van der Waals surface area contributed by atoms with E-state index < -0.39 is 0 Å². The highest BCUT2D eigenvalue weighted by atomic mass is 35.5. The molecule has 0 spiro atoms. The van der Waals surface area contributed by atoms with Crippen LogP contribution in [-0.2, 0) is 11.2 Å². The molecule has 0 saturated heterocycles. The Morgan fingerprint density at radius 2 is 1.80 bits per heavy atom. The van der Waals surface area contributed by atoms with Crippen molar-refractivity contribution in [3.05, 3.63) is 33.9 Å². The minimum absolute atomic E-state index is 0.145. The Labute approximate surface area is 123 Å². The molecule has 0 bridgehead atoms. The van der Waals surface area contributed by atoms with Crippen molar-refractivity contribution in [1.82, 2.24) is 0 Å². The van der Waals surface area contributed by atoms with Crippen molar-refractivity contribution < 1.29 is 15.0 Å². The van der Waals surface area contributed by atoms with Crippen LogP contribution in [0.3, 0.4) is 0 Å². The van der Waals surface area contributed by atoms with Gasteiger partial charge in [-0.25, -0.2) is 0 Å². The standard InChI is InChI=1S/C16H19ClO3/c1-2-10-7-13(18)6-5-11(10)3-4-12-8-15(19)16(20)9-14(12)17/h8-9,19-20H,2-7H2,1H3. The third-order valence-electron chi connectivity index (χ3n) is 3.88. The topological polar surface area (TPSA) is 57.5 Å². The summed E-state index contributed by atoms with van der Waals surface area (Å²) in [4.78, 5) is 11.5. The number of hydrogen-bond donors (Lipinski definition) is 2. The summed E-state index contributed by atoms with van der Waals surface area (Å²) in [5.41, 5.74) is 3.41. The predicted molar refractivity (Wildman–Crippen MR) is 79.3 cm³/mol. The number of Topliss-reactive ketones (excluding diaryl/α,β-unsaturated/α-hetero) is 1. The minimum atomic E-state index is -0.199. The fourth-order valence-corrected chi connectivity index (χ4v) is 2.92. The summed E-state index contributed by atoms with van der Waals surface area (Å²) >= 11 is 6.07. The molecule has 0 radical (unpaired) electrons. The molecule has 1 aliphatic carbocycles. The molecule has 0 amide bonds. The molecular weight excluding hydrogens is 276 g/mol. The van der Waals surface area contributed by atoms with Gasteiger partial charge in [0.2, 0.25) is 0 Å². The molecule has 108 valence electrons. The summed E-state index contributed by atoms with van der Waals surface area (Å²) in [6, 6.07) is 2.88. The van der Waals surface area contributed by atoms with Crippen LogP contribution in [0.4, 0.5) is 0 Å². The second-order valence-electron chi connectivity index (χ2n) is 5.21. The summed E-state index contributed by atoms with van der Waals surface area (Å²) in [5, 5.41) is 19.4. The Morgan fingerprint density at radius 3 is 2.50 bits per heavy atom. The van der Waals surface area contributed by atoms with E-state index in [1.807, 2.05) is 0 Å². The van der Waals surface area contributed by atoms with Crippen LogP contribution < -0.4 is 0 Å². The van der Waals surface area contributed by atoms with Gasteiger partial charge in [0.15, 0.2) is 11.5 Å². The molecule has 0 atom stereocenters. The van der Waals surface area contributed by atoms with Crippen LogP contribution in [0.2, 0.25) is 5.02 Å². The molecule has 0 fully saturated rings. The van der Waals surface area contributed by atoms with E-state index in [0.29, 0.717) is 30.1 Å². The minimum Gasteiger partial charge on any atom is -0.504 e. The van der Waals surface area contributed by atoms with E-state index in [4.69, 9.17) is 11.6 Å². The second kappa shape index (κ2) is 6.31. The van der Waals surface area contributed by atoms with Gasteiger partial charge in [0.1, 0.15) is 5.78 Å². The average molecular weight is 295 g/mol. The van der Waals surface area contributed by atoms with Gasteiger partial charge in [0.25, 0.3) is 0 Å². The Kier molecular flexibility index (Phi) is 4.71. The van der Waals surface area contributed by atoms with Gasteiger partial charge in [-0.3, -0.25) is 4.79 Å². The monoisotopic (exact) mass is 294 g/mol. The molecule has 4 heteroatoms. The van der Waals surface area contributed by atoms with E-state index in [1.165, 1.54) is 23.3 Å². The molecule has 1 aromatic rings. The van der Waals surface area contributed by atoms with Crippen molar-refractivity contribution in [1.29, 1.82) is 0 Å². The van der Waals surface area contributed by atoms with E-state index >= 15 is 0 Å². The first-order valence-electron chi connectivity index (χ1n) is 6.93. The second-order valence-corrected chi connectivity index (χ2v) is 5.62. The van der Waals surface area contributed by atoms with Gasteiger partial charge in [-0.15, -0.1) is 0 Å².